The molecule has 0 saturated carbocycles. The molecule has 1 fully saturated rings. The predicted molar refractivity (Wildman–Crippen MR) is 107 cm³/mol. The maximum absolute atomic E-state index is 6.26. The molecule has 1 aliphatic heterocycles. The molecule has 8 nitrogen and oxygen atoms in total. The zero-order chi connectivity index (χ0) is 19.2. The summed E-state index contributed by atoms with van der Waals surface area (Å²) in [6, 6.07) is 9.66. The van der Waals surface area contributed by atoms with Crippen molar-refractivity contribution in [3.05, 3.63) is 55.1 Å². The molecule has 0 amide bonds. The second kappa shape index (κ2) is 8.60. The van der Waals surface area contributed by atoms with Crippen molar-refractivity contribution in [2.24, 2.45) is 0 Å². The summed E-state index contributed by atoms with van der Waals surface area (Å²) in [6.45, 7) is 4.26. The number of aromatic nitrogens is 4. The zero-order valence-electron chi connectivity index (χ0n) is 15.9. The fraction of sp³-hybridized carbons (Fsp3) is 0.350. The largest absolute Gasteiger partial charge is 0.490 e. The van der Waals surface area contributed by atoms with Gasteiger partial charge in [-0.1, -0.05) is 12.1 Å². The lowest BCUT2D eigenvalue weighted by Gasteiger charge is -2.33. The SMILES string of the molecule is CCOc1ccccc1OC1CCCN(c2cncc(Nn3cccn3)n2)C1. The summed E-state index contributed by atoms with van der Waals surface area (Å²) in [6.07, 6.45) is 9.08. The van der Waals surface area contributed by atoms with Crippen LogP contribution in [0.1, 0.15) is 19.8 Å². The highest BCUT2D eigenvalue weighted by Gasteiger charge is 2.23. The van der Waals surface area contributed by atoms with Crippen LogP contribution in [0, 0.1) is 0 Å². The summed E-state index contributed by atoms with van der Waals surface area (Å²) in [5, 5.41) is 4.13. The summed E-state index contributed by atoms with van der Waals surface area (Å²) in [4.78, 5) is 12.8. The summed E-state index contributed by atoms with van der Waals surface area (Å²) in [7, 11) is 0. The van der Waals surface area contributed by atoms with Crippen LogP contribution in [0.25, 0.3) is 0 Å². The van der Waals surface area contributed by atoms with E-state index in [0.717, 1.165) is 43.2 Å². The van der Waals surface area contributed by atoms with E-state index in [4.69, 9.17) is 9.47 Å². The number of hydrogen-bond donors (Lipinski definition) is 1. The zero-order valence-corrected chi connectivity index (χ0v) is 15.9. The molecule has 1 N–H and O–H groups in total. The first kappa shape index (κ1) is 18.1. The molecule has 8 heteroatoms. The van der Waals surface area contributed by atoms with E-state index in [9.17, 15) is 0 Å². The third-order valence-corrected chi connectivity index (χ3v) is 4.50. The first-order valence-electron chi connectivity index (χ1n) is 9.54. The number of para-hydroxylation sites is 2. The minimum atomic E-state index is 0.0693. The number of nitrogens with zero attached hydrogens (tertiary/aromatic N) is 5. The Morgan fingerprint density at radius 2 is 2.07 bits per heavy atom. The van der Waals surface area contributed by atoms with E-state index in [0.29, 0.717) is 12.4 Å². The van der Waals surface area contributed by atoms with Gasteiger partial charge in [0.25, 0.3) is 0 Å². The fourth-order valence-electron chi connectivity index (χ4n) is 3.26. The van der Waals surface area contributed by atoms with Crippen LogP contribution >= 0.6 is 0 Å². The highest BCUT2D eigenvalue weighted by atomic mass is 16.5. The van der Waals surface area contributed by atoms with Crippen molar-refractivity contribution in [3.8, 4) is 11.5 Å². The molecular formula is C20H24N6O2. The molecule has 3 heterocycles. The van der Waals surface area contributed by atoms with Crippen molar-refractivity contribution in [1.82, 2.24) is 19.9 Å². The summed E-state index contributed by atoms with van der Waals surface area (Å²) in [5.41, 5.74) is 3.09. The molecule has 4 rings (SSSR count). The van der Waals surface area contributed by atoms with Gasteiger partial charge in [-0.2, -0.15) is 9.89 Å². The first-order chi connectivity index (χ1) is 13.8. The normalized spacial score (nSPS) is 16.6. The van der Waals surface area contributed by atoms with E-state index in [2.05, 4.69) is 25.4 Å². The topological polar surface area (TPSA) is 77.3 Å². The van der Waals surface area contributed by atoms with Crippen molar-refractivity contribution in [2.75, 3.05) is 30.0 Å². The van der Waals surface area contributed by atoms with Gasteiger partial charge in [0, 0.05) is 12.7 Å². The Hall–Kier alpha value is -3.29. The van der Waals surface area contributed by atoms with Crippen LogP contribution in [0.2, 0.25) is 0 Å². The number of hydrogen-bond acceptors (Lipinski definition) is 7. The molecule has 0 bridgehead atoms. The van der Waals surface area contributed by atoms with Crippen LogP contribution in [0.5, 0.6) is 11.5 Å². The predicted octanol–water partition coefficient (Wildman–Crippen LogP) is 2.99. The van der Waals surface area contributed by atoms with Crippen LogP contribution in [0.4, 0.5) is 11.6 Å². The van der Waals surface area contributed by atoms with E-state index in [1.807, 2.05) is 43.5 Å². The number of ether oxygens (including phenoxy) is 2. The Bertz CT molecular complexity index is 886. The van der Waals surface area contributed by atoms with E-state index < -0.39 is 0 Å². The second-order valence-electron chi connectivity index (χ2n) is 6.53. The van der Waals surface area contributed by atoms with E-state index >= 15 is 0 Å². The standard InChI is InChI=1S/C20H24N6O2/c1-2-27-17-8-3-4-9-18(17)28-16-7-5-11-25(15-16)20-14-21-13-19(23-20)24-26-12-6-10-22-26/h3-4,6,8-10,12-14,16H,2,5,7,11,15H2,1H3,(H,23,24). The Labute approximate surface area is 164 Å². The molecule has 146 valence electrons. The van der Waals surface area contributed by atoms with E-state index in [1.165, 1.54) is 0 Å². The van der Waals surface area contributed by atoms with Crippen molar-refractivity contribution in [1.29, 1.82) is 0 Å². The summed E-state index contributed by atoms with van der Waals surface area (Å²) >= 11 is 0. The number of piperidine rings is 1. The third kappa shape index (κ3) is 4.33. The molecule has 1 aromatic carbocycles. The second-order valence-corrected chi connectivity index (χ2v) is 6.53. The fourth-order valence-corrected chi connectivity index (χ4v) is 3.26. The minimum absolute atomic E-state index is 0.0693. The monoisotopic (exact) mass is 380 g/mol. The van der Waals surface area contributed by atoms with Crippen LogP contribution in [0.15, 0.2) is 55.1 Å². The Morgan fingerprint density at radius 3 is 2.89 bits per heavy atom. The van der Waals surface area contributed by atoms with Gasteiger partial charge in [-0.3, -0.25) is 10.4 Å². The molecule has 1 saturated heterocycles. The third-order valence-electron chi connectivity index (χ3n) is 4.50. The molecule has 2 aromatic heterocycles. The van der Waals surface area contributed by atoms with Crippen molar-refractivity contribution in [2.45, 2.75) is 25.9 Å². The quantitative estimate of drug-likeness (QED) is 0.675. The Kier molecular flexibility index (Phi) is 5.56. The van der Waals surface area contributed by atoms with Gasteiger partial charge in [0.2, 0.25) is 0 Å². The minimum Gasteiger partial charge on any atom is -0.490 e. The molecular weight excluding hydrogens is 356 g/mol. The number of anilines is 2. The van der Waals surface area contributed by atoms with Gasteiger partial charge >= 0.3 is 0 Å². The average Bonchev–Trinajstić information content (AvgIpc) is 3.23. The van der Waals surface area contributed by atoms with Gasteiger partial charge in [-0.05, 0) is 38.0 Å². The molecule has 1 unspecified atom stereocenters. The van der Waals surface area contributed by atoms with Crippen molar-refractivity contribution < 1.29 is 9.47 Å². The Morgan fingerprint density at radius 1 is 1.18 bits per heavy atom. The van der Waals surface area contributed by atoms with Crippen molar-refractivity contribution >= 4 is 11.6 Å². The lowest BCUT2D eigenvalue weighted by Crippen LogP contribution is -2.41. The van der Waals surface area contributed by atoms with E-state index in [-0.39, 0.29) is 6.10 Å². The summed E-state index contributed by atoms with van der Waals surface area (Å²) in [5.74, 6) is 3.04. The van der Waals surface area contributed by atoms with E-state index in [1.54, 1.807) is 23.4 Å². The molecule has 0 radical (unpaired) electrons. The van der Waals surface area contributed by atoms with Crippen LogP contribution < -0.4 is 19.8 Å². The maximum atomic E-state index is 6.26. The molecule has 1 aliphatic rings. The van der Waals surface area contributed by atoms with Crippen LogP contribution in [0.3, 0.4) is 0 Å². The lowest BCUT2D eigenvalue weighted by molar-refractivity contribution is 0.170. The van der Waals surface area contributed by atoms with Gasteiger partial charge < -0.3 is 14.4 Å². The molecule has 0 spiro atoms. The van der Waals surface area contributed by atoms with Crippen molar-refractivity contribution in [3.63, 3.8) is 0 Å². The maximum Gasteiger partial charge on any atom is 0.167 e. The van der Waals surface area contributed by atoms with Gasteiger partial charge in [-0.25, -0.2) is 4.98 Å². The summed E-state index contributed by atoms with van der Waals surface area (Å²) < 4.78 is 11.9. The lowest BCUT2D eigenvalue weighted by atomic mass is 10.1. The first-order valence-corrected chi connectivity index (χ1v) is 9.54. The van der Waals surface area contributed by atoms with Crippen LogP contribution in [-0.4, -0.2) is 45.7 Å². The molecule has 1 atom stereocenters. The average molecular weight is 380 g/mol. The molecule has 28 heavy (non-hydrogen) atoms. The number of benzene rings is 1. The van der Waals surface area contributed by atoms with Gasteiger partial charge in [0.1, 0.15) is 11.9 Å². The van der Waals surface area contributed by atoms with Gasteiger partial charge in [-0.15, -0.1) is 0 Å². The molecule has 3 aromatic rings. The number of nitrogens with one attached hydrogen (secondary N) is 1. The highest BCUT2D eigenvalue weighted by Crippen LogP contribution is 2.29. The number of rotatable bonds is 7. The smallest absolute Gasteiger partial charge is 0.167 e. The highest BCUT2D eigenvalue weighted by molar-refractivity contribution is 5.44. The molecule has 0 aliphatic carbocycles. The Balaban J connectivity index is 1.44. The van der Waals surface area contributed by atoms with Crippen LogP contribution in [-0.2, 0) is 0 Å². The van der Waals surface area contributed by atoms with Gasteiger partial charge in [0.05, 0.1) is 31.7 Å². The van der Waals surface area contributed by atoms with Gasteiger partial charge in [0.15, 0.2) is 17.3 Å².